The van der Waals surface area contributed by atoms with Crippen LogP contribution in [0.25, 0.3) is 0 Å². The molecule has 9 heteroatoms. The molecule has 0 bridgehead atoms. The fourth-order valence-corrected chi connectivity index (χ4v) is 3.94. The average molecular weight is 483 g/mol. The van der Waals surface area contributed by atoms with E-state index in [2.05, 4.69) is 5.32 Å². The number of amides is 3. The summed E-state index contributed by atoms with van der Waals surface area (Å²) in [4.78, 5) is 27.5. The summed E-state index contributed by atoms with van der Waals surface area (Å²) in [5.41, 5.74) is 3.62. The van der Waals surface area contributed by atoms with Gasteiger partial charge >= 0.3 is 6.03 Å². The Bertz CT molecular complexity index is 1050. The van der Waals surface area contributed by atoms with Crippen LogP contribution < -0.4 is 14.8 Å². The summed E-state index contributed by atoms with van der Waals surface area (Å²) in [7, 11) is 4.75. The lowest BCUT2D eigenvalue weighted by molar-refractivity contribution is -0.133. The van der Waals surface area contributed by atoms with Gasteiger partial charge in [-0.2, -0.15) is 5.10 Å². The number of rotatable bonds is 10. The first-order valence-electron chi connectivity index (χ1n) is 11.6. The van der Waals surface area contributed by atoms with E-state index in [9.17, 15) is 9.59 Å². The van der Waals surface area contributed by atoms with Crippen molar-refractivity contribution in [2.24, 2.45) is 5.10 Å². The predicted octanol–water partition coefficient (Wildman–Crippen LogP) is 3.37. The molecule has 1 N–H and O–H groups in total. The standard InChI is InChI=1S/C26H34N4O5/c1-6-27-26(32)29(13-14-33-3)17-25(31)30-23(19-9-7-18(2)8-10-19)16-22(28-30)21-12-11-20(34-4)15-24(21)35-5/h7-12,15,23H,6,13-14,16-17H2,1-5H3,(H,27,32)/t23-/m1/s1. The number of urea groups is 1. The Balaban J connectivity index is 1.95. The van der Waals surface area contributed by atoms with Gasteiger partial charge in [0.15, 0.2) is 0 Å². The molecule has 3 amide bonds. The number of benzene rings is 2. The van der Waals surface area contributed by atoms with Gasteiger partial charge in [-0.3, -0.25) is 4.79 Å². The lowest BCUT2D eigenvalue weighted by Gasteiger charge is -2.27. The van der Waals surface area contributed by atoms with Crippen molar-refractivity contribution in [1.29, 1.82) is 0 Å². The highest BCUT2D eigenvalue weighted by Gasteiger charge is 2.35. The highest BCUT2D eigenvalue weighted by Crippen LogP contribution is 2.36. The lowest BCUT2D eigenvalue weighted by Crippen LogP contribution is -2.47. The molecule has 1 atom stereocenters. The molecule has 0 fully saturated rings. The van der Waals surface area contributed by atoms with Gasteiger partial charge in [-0.1, -0.05) is 29.8 Å². The average Bonchev–Trinajstić information content (AvgIpc) is 3.32. The van der Waals surface area contributed by atoms with Crippen LogP contribution in [0.15, 0.2) is 47.6 Å². The Kier molecular flexibility index (Phi) is 9.08. The minimum absolute atomic E-state index is 0.117. The molecule has 1 aliphatic rings. The summed E-state index contributed by atoms with van der Waals surface area (Å²) in [6, 6.07) is 13.0. The van der Waals surface area contributed by atoms with Gasteiger partial charge in [0.1, 0.15) is 18.0 Å². The van der Waals surface area contributed by atoms with Gasteiger partial charge in [-0.25, -0.2) is 9.80 Å². The third kappa shape index (κ3) is 6.30. The van der Waals surface area contributed by atoms with E-state index in [-0.39, 0.29) is 24.5 Å². The third-order valence-corrected chi connectivity index (χ3v) is 5.85. The number of ether oxygens (including phenoxy) is 3. The van der Waals surface area contributed by atoms with Gasteiger partial charge in [0, 0.05) is 38.2 Å². The molecule has 0 unspecified atom stereocenters. The van der Waals surface area contributed by atoms with Gasteiger partial charge in [0.25, 0.3) is 5.91 Å². The second-order valence-corrected chi connectivity index (χ2v) is 8.23. The van der Waals surface area contributed by atoms with E-state index in [1.807, 2.05) is 50.2 Å². The Labute approximate surface area is 206 Å². The van der Waals surface area contributed by atoms with Crippen LogP contribution in [0.5, 0.6) is 11.5 Å². The molecule has 2 aromatic carbocycles. The summed E-state index contributed by atoms with van der Waals surface area (Å²) in [5, 5.41) is 8.98. The first-order chi connectivity index (χ1) is 16.9. The molecular weight excluding hydrogens is 448 g/mol. The van der Waals surface area contributed by atoms with E-state index >= 15 is 0 Å². The highest BCUT2D eigenvalue weighted by atomic mass is 16.5. The van der Waals surface area contributed by atoms with Crippen molar-refractivity contribution < 1.29 is 23.8 Å². The number of aryl methyl sites for hydroxylation is 1. The van der Waals surface area contributed by atoms with Gasteiger partial charge in [0.05, 0.1) is 32.6 Å². The van der Waals surface area contributed by atoms with E-state index in [1.54, 1.807) is 27.4 Å². The van der Waals surface area contributed by atoms with Crippen molar-refractivity contribution in [3.8, 4) is 11.5 Å². The highest BCUT2D eigenvalue weighted by molar-refractivity contribution is 6.05. The molecule has 188 valence electrons. The number of hydrazone groups is 1. The van der Waals surface area contributed by atoms with E-state index in [1.165, 1.54) is 9.91 Å². The quantitative estimate of drug-likeness (QED) is 0.561. The molecule has 9 nitrogen and oxygen atoms in total. The van der Waals surface area contributed by atoms with Crippen LogP contribution in [0, 0.1) is 6.92 Å². The minimum atomic E-state index is -0.315. The number of nitrogens with one attached hydrogen (secondary N) is 1. The Morgan fingerprint density at radius 2 is 1.86 bits per heavy atom. The van der Waals surface area contributed by atoms with Crippen LogP contribution in [0.1, 0.15) is 36.1 Å². The largest absolute Gasteiger partial charge is 0.497 e. The molecule has 0 spiro atoms. The van der Waals surface area contributed by atoms with Gasteiger partial charge < -0.3 is 24.4 Å². The molecule has 3 rings (SSSR count). The van der Waals surface area contributed by atoms with E-state index < -0.39 is 0 Å². The number of carbonyl (C=O) groups excluding carboxylic acids is 2. The molecule has 0 radical (unpaired) electrons. The monoisotopic (exact) mass is 482 g/mol. The molecular formula is C26H34N4O5. The zero-order chi connectivity index (χ0) is 25.4. The molecule has 0 aromatic heterocycles. The lowest BCUT2D eigenvalue weighted by atomic mass is 9.97. The van der Waals surface area contributed by atoms with Crippen LogP contribution in [0.3, 0.4) is 0 Å². The van der Waals surface area contributed by atoms with Crippen molar-refractivity contribution in [3.63, 3.8) is 0 Å². The Morgan fingerprint density at radius 3 is 2.49 bits per heavy atom. The first kappa shape index (κ1) is 26.0. The molecule has 1 aliphatic heterocycles. The van der Waals surface area contributed by atoms with Crippen LogP contribution in [0.2, 0.25) is 0 Å². The smallest absolute Gasteiger partial charge is 0.317 e. The number of hydrogen-bond donors (Lipinski definition) is 1. The van der Waals surface area contributed by atoms with E-state index in [0.29, 0.717) is 37.6 Å². The predicted molar refractivity (Wildman–Crippen MR) is 134 cm³/mol. The van der Waals surface area contributed by atoms with Gasteiger partial charge in [-0.15, -0.1) is 0 Å². The fourth-order valence-electron chi connectivity index (χ4n) is 3.94. The van der Waals surface area contributed by atoms with E-state index in [0.717, 1.165) is 22.4 Å². The van der Waals surface area contributed by atoms with Crippen LogP contribution in [-0.4, -0.2) is 75.1 Å². The topological polar surface area (TPSA) is 92.7 Å². The molecule has 0 saturated carbocycles. The zero-order valence-corrected chi connectivity index (χ0v) is 21.0. The minimum Gasteiger partial charge on any atom is -0.497 e. The normalized spacial score (nSPS) is 14.9. The van der Waals surface area contributed by atoms with Gasteiger partial charge in [0.2, 0.25) is 0 Å². The number of nitrogens with zero attached hydrogens (tertiary/aromatic N) is 3. The SMILES string of the molecule is CCNC(=O)N(CCOC)CC(=O)N1N=C(c2ccc(OC)cc2OC)C[C@@H]1c1ccc(C)cc1. The number of hydrogen-bond acceptors (Lipinski definition) is 6. The van der Waals surface area contributed by atoms with Crippen LogP contribution in [0.4, 0.5) is 4.79 Å². The van der Waals surface area contributed by atoms with Crippen molar-refractivity contribution in [1.82, 2.24) is 15.2 Å². The summed E-state index contributed by atoms with van der Waals surface area (Å²) in [5.74, 6) is 1.01. The van der Waals surface area contributed by atoms with Crippen molar-refractivity contribution >= 4 is 17.6 Å². The zero-order valence-electron chi connectivity index (χ0n) is 21.0. The molecule has 0 aliphatic carbocycles. The maximum Gasteiger partial charge on any atom is 0.317 e. The fraction of sp³-hybridized carbons (Fsp3) is 0.423. The summed E-state index contributed by atoms with van der Waals surface area (Å²) in [6.45, 7) is 4.82. The van der Waals surface area contributed by atoms with Crippen LogP contribution in [-0.2, 0) is 9.53 Å². The summed E-state index contributed by atoms with van der Waals surface area (Å²) >= 11 is 0. The molecule has 35 heavy (non-hydrogen) atoms. The second kappa shape index (κ2) is 12.2. The number of carbonyl (C=O) groups is 2. The van der Waals surface area contributed by atoms with Crippen LogP contribution >= 0.6 is 0 Å². The van der Waals surface area contributed by atoms with Crippen molar-refractivity contribution in [2.45, 2.75) is 26.3 Å². The Morgan fingerprint density at radius 1 is 1.11 bits per heavy atom. The maximum atomic E-state index is 13.5. The Hall–Kier alpha value is -3.59. The summed E-state index contributed by atoms with van der Waals surface area (Å²) in [6.07, 6.45) is 0.511. The maximum absolute atomic E-state index is 13.5. The van der Waals surface area contributed by atoms with Crippen molar-refractivity contribution in [3.05, 3.63) is 59.2 Å². The summed E-state index contributed by atoms with van der Waals surface area (Å²) < 4.78 is 16.0. The van der Waals surface area contributed by atoms with Crippen molar-refractivity contribution in [2.75, 3.05) is 47.6 Å². The van der Waals surface area contributed by atoms with E-state index in [4.69, 9.17) is 19.3 Å². The van der Waals surface area contributed by atoms with Gasteiger partial charge in [-0.05, 0) is 31.5 Å². The second-order valence-electron chi connectivity index (χ2n) is 8.23. The molecule has 1 heterocycles. The third-order valence-electron chi connectivity index (χ3n) is 5.85. The molecule has 2 aromatic rings. The molecule has 0 saturated heterocycles. The first-order valence-corrected chi connectivity index (χ1v) is 11.6. The number of methoxy groups -OCH3 is 3.